The number of benzene rings is 1. The van der Waals surface area contributed by atoms with E-state index in [1.165, 1.54) is 22.5 Å². The molecular weight excluding hydrogens is 234 g/mol. The molecule has 3 rings (SSSR count). The molecule has 2 aromatic rings. The third-order valence-corrected chi connectivity index (χ3v) is 3.91. The van der Waals surface area contributed by atoms with E-state index in [0.29, 0.717) is 6.04 Å². The molecule has 100 valence electrons. The molecule has 1 aromatic carbocycles. The van der Waals surface area contributed by atoms with Gasteiger partial charge in [-0.25, -0.2) is 0 Å². The van der Waals surface area contributed by atoms with E-state index in [1.807, 2.05) is 0 Å². The summed E-state index contributed by atoms with van der Waals surface area (Å²) in [6, 6.07) is 13.4. The zero-order valence-corrected chi connectivity index (χ0v) is 11.6. The topological polar surface area (TPSA) is 29.0 Å². The van der Waals surface area contributed by atoms with Gasteiger partial charge in [-0.15, -0.1) is 0 Å². The van der Waals surface area contributed by atoms with Gasteiger partial charge in [0.25, 0.3) is 0 Å². The van der Waals surface area contributed by atoms with Gasteiger partial charge in [0, 0.05) is 17.9 Å². The molecule has 1 aromatic heterocycles. The lowest BCUT2D eigenvalue weighted by molar-refractivity contribution is 0.588. The van der Waals surface area contributed by atoms with Crippen LogP contribution in [0.2, 0.25) is 0 Å². The van der Waals surface area contributed by atoms with Crippen LogP contribution >= 0.6 is 0 Å². The molecule has 1 atom stereocenters. The fourth-order valence-corrected chi connectivity index (χ4v) is 2.82. The average Bonchev–Trinajstić information content (AvgIpc) is 2.65. The quantitative estimate of drug-likeness (QED) is 0.864. The Kier molecular flexibility index (Phi) is 3.30. The number of nitrogens with zero attached hydrogens (tertiary/aromatic N) is 1. The third kappa shape index (κ3) is 2.38. The maximum absolute atomic E-state index is 3.67. The molecule has 3 heteroatoms. The zero-order valence-electron chi connectivity index (χ0n) is 11.6. The predicted octanol–water partition coefficient (Wildman–Crippen LogP) is 2.88. The van der Waals surface area contributed by atoms with Gasteiger partial charge in [-0.05, 0) is 50.1 Å². The molecule has 1 aliphatic rings. The van der Waals surface area contributed by atoms with E-state index in [9.17, 15) is 0 Å². The van der Waals surface area contributed by atoms with E-state index < -0.39 is 0 Å². The van der Waals surface area contributed by atoms with Crippen LogP contribution in [0.25, 0.3) is 0 Å². The van der Waals surface area contributed by atoms with E-state index >= 15 is 0 Å². The minimum Gasteiger partial charge on any atom is -0.318 e. The maximum Gasteiger partial charge on any atom is 0.0689 e. The molecule has 19 heavy (non-hydrogen) atoms. The highest BCUT2D eigenvalue weighted by Crippen LogP contribution is 2.25. The van der Waals surface area contributed by atoms with E-state index in [0.717, 1.165) is 19.5 Å². The Morgan fingerprint density at radius 3 is 2.63 bits per heavy atom. The Balaban J connectivity index is 1.93. The van der Waals surface area contributed by atoms with Crippen LogP contribution < -0.4 is 10.7 Å². The van der Waals surface area contributed by atoms with Gasteiger partial charge in [0.2, 0.25) is 0 Å². The molecule has 0 amide bonds. The highest BCUT2D eigenvalue weighted by molar-refractivity contribution is 5.33. The monoisotopic (exact) mass is 255 g/mol. The van der Waals surface area contributed by atoms with Gasteiger partial charge >= 0.3 is 0 Å². The van der Waals surface area contributed by atoms with Crippen LogP contribution in [-0.4, -0.2) is 11.2 Å². The first-order chi connectivity index (χ1) is 9.25. The molecule has 0 saturated carbocycles. The Morgan fingerprint density at radius 1 is 1.11 bits per heavy atom. The summed E-state index contributed by atoms with van der Waals surface area (Å²) in [5.74, 6) is 0. The molecule has 0 spiro atoms. The van der Waals surface area contributed by atoms with E-state index in [4.69, 9.17) is 0 Å². The highest BCUT2D eigenvalue weighted by Gasteiger charge is 2.18. The molecule has 0 aliphatic carbocycles. The molecule has 1 aliphatic heterocycles. The summed E-state index contributed by atoms with van der Waals surface area (Å²) in [6.45, 7) is 6.30. The maximum atomic E-state index is 3.67. The van der Waals surface area contributed by atoms with Crippen molar-refractivity contribution >= 4 is 0 Å². The molecular formula is C16H21N3. The number of nitrogens with one attached hydrogen (secondary N) is 2. The summed E-state index contributed by atoms with van der Waals surface area (Å²) in [5.41, 5.74) is 9.00. The molecule has 0 saturated heterocycles. The molecule has 0 radical (unpaired) electrons. The SMILES string of the molecule is Cc1ccc(C)n1NC1CCNCc2ccccc21. The highest BCUT2D eigenvalue weighted by atomic mass is 15.4. The van der Waals surface area contributed by atoms with Crippen molar-refractivity contribution in [3.8, 4) is 0 Å². The summed E-state index contributed by atoms with van der Waals surface area (Å²) < 4.78 is 2.20. The summed E-state index contributed by atoms with van der Waals surface area (Å²) in [7, 11) is 0. The number of aromatic nitrogens is 1. The van der Waals surface area contributed by atoms with Gasteiger partial charge in [-0.3, -0.25) is 4.68 Å². The normalized spacial score (nSPS) is 18.7. The van der Waals surface area contributed by atoms with Crippen LogP contribution in [0, 0.1) is 13.8 Å². The van der Waals surface area contributed by atoms with Crippen molar-refractivity contribution in [1.29, 1.82) is 0 Å². The first kappa shape index (κ1) is 12.3. The van der Waals surface area contributed by atoms with Crippen LogP contribution in [0.1, 0.15) is 35.0 Å². The summed E-state index contributed by atoms with van der Waals surface area (Å²) in [6.07, 6.45) is 1.11. The molecule has 2 heterocycles. The lowest BCUT2D eigenvalue weighted by atomic mass is 10.00. The Labute approximate surface area is 114 Å². The summed E-state index contributed by atoms with van der Waals surface area (Å²) in [4.78, 5) is 0. The molecule has 3 nitrogen and oxygen atoms in total. The van der Waals surface area contributed by atoms with Gasteiger partial charge in [0.1, 0.15) is 0 Å². The van der Waals surface area contributed by atoms with Crippen LogP contribution in [0.4, 0.5) is 0 Å². The van der Waals surface area contributed by atoms with E-state index in [-0.39, 0.29) is 0 Å². The smallest absolute Gasteiger partial charge is 0.0689 e. The first-order valence-corrected chi connectivity index (χ1v) is 6.96. The number of hydrogen-bond acceptors (Lipinski definition) is 2. The third-order valence-electron chi connectivity index (χ3n) is 3.91. The first-order valence-electron chi connectivity index (χ1n) is 6.96. The summed E-state index contributed by atoms with van der Waals surface area (Å²) >= 11 is 0. The van der Waals surface area contributed by atoms with Crippen molar-refractivity contribution < 1.29 is 0 Å². The minimum atomic E-state index is 0.371. The van der Waals surface area contributed by atoms with Crippen molar-refractivity contribution in [2.24, 2.45) is 0 Å². The molecule has 2 N–H and O–H groups in total. The number of aryl methyl sites for hydroxylation is 2. The second-order valence-electron chi connectivity index (χ2n) is 5.30. The van der Waals surface area contributed by atoms with Gasteiger partial charge in [0.05, 0.1) is 6.04 Å². The van der Waals surface area contributed by atoms with E-state index in [2.05, 4.69) is 65.7 Å². The number of fused-ring (bicyclic) bond motifs is 1. The number of hydrogen-bond donors (Lipinski definition) is 2. The van der Waals surface area contributed by atoms with Crippen LogP contribution in [0.3, 0.4) is 0 Å². The average molecular weight is 255 g/mol. The fourth-order valence-electron chi connectivity index (χ4n) is 2.82. The molecule has 0 fully saturated rings. The lowest BCUT2D eigenvalue weighted by Gasteiger charge is -2.23. The van der Waals surface area contributed by atoms with Gasteiger partial charge in [-0.2, -0.15) is 0 Å². The molecule has 0 bridgehead atoms. The van der Waals surface area contributed by atoms with Crippen molar-refractivity contribution in [3.63, 3.8) is 0 Å². The van der Waals surface area contributed by atoms with Crippen molar-refractivity contribution in [3.05, 3.63) is 58.9 Å². The van der Waals surface area contributed by atoms with Crippen LogP contribution in [0.15, 0.2) is 36.4 Å². The Hall–Kier alpha value is -1.74. The van der Waals surface area contributed by atoms with Crippen molar-refractivity contribution in [2.45, 2.75) is 32.9 Å². The zero-order chi connectivity index (χ0) is 13.2. The minimum absolute atomic E-state index is 0.371. The molecule has 1 unspecified atom stereocenters. The van der Waals surface area contributed by atoms with Crippen LogP contribution in [-0.2, 0) is 6.54 Å². The van der Waals surface area contributed by atoms with Gasteiger partial charge < -0.3 is 10.7 Å². The largest absolute Gasteiger partial charge is 0.318 e. The number of rotatable bonds is 2. The van der Waals surface area contributed by atoms with Crippen molar-refractivity contribution in [2.75, 3.05) is 12.0 Å². The second-order valence-corrected chi connectivity index (χ2v) is 5.30. The van der Waals surface area contributed by atoms with Crippen LogP contribution in [0.5, 0.6) is 0 Å². The van der Waals surface area contributed by atoms with Gasteiger partial charge in [-0.1, -0.05) is 24.3 Å². The van der Waals surface area contributed by atoms with Gasteiger partial charge in [0.15, 0.2) is 0 Å². The standard InChI is InChI=1S/C16H21N3/c1-12-7-8-13(2)19(12)18-16-9-10-17-11-14-5-3-4-6-15(14)16/h3-8,16-18H,9-11H2,1-2H3. The predicted molar refractivity (Wildman–Crippen MR) is 78.8 cm³/mol. The Morgan fingerprint density at radius 2 is 1.84 bits per heavy atom. The fraction of sp³-hybridized carbons (Fsp3) is 0.375. The Bertz CT molecular complexity index is 552. The van der Waals surface area contributed by atoms with Crippen molar-refractivity contribution in [1.82, 2.24) is 9.99 Å². The summed E-state index contributed by atoms with van der Waals surface area (Å²) in [5, 5.41) is 3.49. The lowest BCUT2D eigenvalue weighted by Crippen LogP contribution is -2.24. The van der Waals surface area contributed by atoms with E-state index in [1.54, 1.807) is 0 Å². The second kappa shape index (κ2) is 5.10.